The van der Waals surface area contributed by atoms with Gasteiger partial charge >= 0.3 is 0 Å². The molecule has 2 aromatic rings. The standard InChI is InChI=1S/C22H28N4O2.HI/c1-3-23-22(24-15-18-10-6-8-12-20(18)28-4-2)25-16-21(27)26-14-13-17-9-5-7-11-19(17)26;/h5-12H,3-4,13-16H2,1-2H3,(H2,23,24,25);1H. The smallest absolute Gasteiger partial charge is 0.246 e. The summed E-state index contributed by atoms with van der Waals surface area (Å²) in [5, 5.41) is 6.35. The van der Waals surface area contributed by atoms with Crippen molar-refractivity contribution >= 4 is 41.5 Å². The topological polar surface area (TPSA) is 66.0 Å². The zero-order valence-electron chi connectivity index (χ0n) is 17.0. The molecule has 0 aliphatic carbocycles. The number of ether oxygens (including phenoxy) is 1. The Kier molecular flexibility index (Phi) is 9.24. The molecule has 0 radical (unpaired) electrons. The van der Waals surface area contributed by atoms with Gasteiger partial charge in [-0.05, 0) is 38.0 Å². The molecule has 0 saturated carbocycles. The lowest BCUT2D eigenvalue weighted by Crippen LogP contribution is -2.44. The third kappa shape index (κ3) is 6.09. The molecule has 0 atom stereocenters. The molecule has 6 nitrogen and oxygen atoms in total. The van der Waals surface area contributed by atoms with E-state index >= 15 is 0 Å². The number of para-hydroxylation sites is 2. The van der Waals surface area contributed by atoms with Crippen molar-refractivity contribution in [3.8, 4) is 5.75 Å². The van der Waals surface area contributed by atoms with E-state index in [0.717, 1.165) is 36.5 Å². The van der Waals surface area contributed by atoms with E-state index in [0.29, 0.717) is 19.1 Å². The van der Waals surface area contributed by atoms with Crippen LogP contribution in [0.1, 0.15) is 25.0 Å². The number of amides is 1. The Balaban J connectivity index is 0.00000300. The van der Waals surface area contributed by atoms with Crippen molar-refractivity contribution in [2.45, 2.75) is 26.8 Å². The maximum Gasteiger partial charge on any atom is 0.246 e. The third-order valence-electron chi connectivity index (χ3n) is 4.62. The van der Waals surface area contributed by atoms with Crippen LogP contribution in [0.4, 0.5) is 5.69 Å². The number of carbonyl (C=O) groups excluding carboxylic acids is 1. The second-order valence-corrected chi connectivity index (χ2v) is 6.51. The molecule has 156 valence electrons. The third-order valence-corrected chi connectivity index (χ3v) is 4.62. The minimum absolute atomic E-state index is 0. The number of benzene rings is 2. The van der Waals surface area contributed by atoms with Gasteiger partial charge in [0.15, 0.2) is 5.96 Å². The fourth-order valence-corrected chi connectivity index (χ4v) is 3.29. The molecule has 2 N–H and O–H groups in total. The Morgan fingerprint density at radius 1 is 1.10 bits per heavy atom. The Morgan fingerprint density at radius 3 is 2.66 bits per heavy atom. The number of nitrogens with zero attached hydrogens (tertiary/aromatic N) is 2. The molecule has 29 heavy (non-hydrogen) atoms. The van der Waals surface area contributed by atoms with E-state index in [2.05, 4.69) is 21.7 Å². The Bertz CT molecular complexity index is 841. The highest BCUT2D eigenvalue weighted by molar-refractivity contribution is 14.0. The van der Waals surface area contributed by atoms with E-state index < -0.39 is 0 Å². The number of guanidine groups is 1. The lowest BCUT2D eigenvalue weighted by atomic mass is 10.2. The van der Waals surface area contributed by atoms with Crippen molar-refractivity contribution in [3.05, 3.63) is 59.7 Å². The van der Waals surface area contributed by atoms with Gasteiger partial charge in [-0.25, -0.2) is 4.99 Å². The van der Waals surface area contributed by atoms with Crippen LogP contribution in [0.5, 0.6) is 5.75 Å². The SMILES string of the molecule is CCNC(=NCc1ccccc1OCC)NCC(=O)N1CCc2ccccc21.I. The predicted molar refractivity (Wildman–Crippen MR) is 128 cm³/mol. The zero-order chi connectivity index (χ0) is 19.8. The van der Waals surface area contributed by atoms with Gasteiger partial charge in [-0.3, -0.25) is 4.79 Å². The number of rotatable bonds is 7. The summed E-state index contributed by atoms with van der Waals surface area (Å²) in [4.78, 5) is 19.1. The van der Waals surface area contributed by atoms with Crippen molar-refractivity contribution in [2.24, 2.45) is 4.99 Å². The molecule has 1 heterocycles. The number of aliphatic imine (C=N–C) groups is 1. The van der Waals surface area contributed by atoms with Crippen molar-refractivity contribution in [1.29, 1.82) is 0 Å². The van der Waals surface area contributed by atoms with Crippen LogP contribution in [0.3, 0.4) is 0 Å². The Hall–Kier alpha value is -2.29. The first-order chi connectivity index (χ1) is 13.7. The summed E-state index contributed by atoms with van der Waals surface area (Å²) in [5.74, 6) is 1.51. The fourth-order valence-electron chi connectivity index (χ4n) is 3.29. The van der Waals surface area contributed by atoms with Gasteiger partial charge in [0.05, 0.1) is 19.7 Å². The molecule has 0 bridgehead atoms. The molecule has 1 aliphatic heterocycles. The summed E-state index contributed by atoms with van der Waals surface area (Å²) in [5.41, 5.74) is 3.26. The minimum Gasteiger partial charge on any atom is -0.494 e. The first-order valence-electron chi connectivity index (χ1n) is 9.84. The first-order valence-corrected chi connectivity index (χ1v) is 9.84. The largest absolute Gasteiger partial charge is 0.494 e. The van der Waals surface area contributed by atoms with Gasteiger partial charge in [0.2, 0.25) is 5.91 Å². The predicted octanol–water partition coefficient (Wildman–Crippen LogP) is 3.35. The van der Waals surface area contributed by atoms with Gasteiger partial charge in [-0.1, -0.05) is 36.4 Å². The lowest BCUT2D eigenvalue weighted by Gasteiger charge is -2.19. The van der Waals surface area contributed by atoms with Crippen molar-refractivity contribution < 1.29 is 9.53 Å². The molecule has 1 aliphatic rings. The Labute approximate surface area is 189 Å². The molecule has 0 saturated heterocycles. The normalized spacial score (nSPS) is 12.8. The maximum atomic E-state index is 12.7. The van der Waals surface area contributed by atoms with Crippen LogP contribution < -0.4 is 20.3 Å². The molecular weight excluding hydrogens is 479 g/mol. The summed E-state index contributed by atoms with van der Waals surface area (Å²) in [6.07, 6.45) is 0.907. The van der Waals surface area contributed by atoms with Crippen LogP contribution in [0.15, 0.2) is 53.5 Å². The highest BCUT2D eigenvalue weighted by Gasteiger charge is 2.23. The van der Waals surface area contributed by atoms with Gasteiger partial charge in [0.25, 0.3) is 0 Å². The van der Waals surface area contributed by atoms with Crippen LogP contribution in [0, 0.1) is 0 Å². The number of fused-ring (bicyclic) bond motifs is 1. The monoisotopic (exact) mass is 508 g/mol. The highest BCUT2D eigenvalue weighted by Crippen LogP contribution is 2.27. The maximum absolute atomic E-state index is 12.7. The molecule has 2 aromatic carbocycles. The summed E-state index contributed by atoms with van der Waals surface area (Å²) >= 11 is 0. The second kappa shape index (κ2) is 11.6. The van der Waals surface area contributed by atoms with Gasteiger partial charge in [-0.15, -0.1) is 24.0 Å². The quantitative estimate of drug-likeness (QED) is 0.342. The van der Waals surface area contributed by atoms with E-state index in [1.165, 1.54) is 5.56 Å². The molecule has 1 amide bonds. The molecule has 0 unspecified atom stereocenters. The van der Waals surface area contributed by atoms with E-state index in [4.69, 9.17) is 4.74 Å². The van der Waals surface area contributed by atoms with Gasteiger partial charge < -0.3 is 20.3 Å². The average molecular weight is 508 g/mol. The van der Waals surface area contributed by atoms with Crippen molar-refractivity contribution in [2.75, 3.05) is 31.1 Å². The molecule has 0 aromatic heterocycles. The minimum atomic E-state index is 0. The number of nitrogens with one attached hydrogen (secondary N) is 2. The number of carbonyl (C=O) groups is 1. The summed E-state index contributed by atoms with van der Waals surface area (Å²) in [6.45, 7) is 6.72. The van der Waals surface area contributed by atoms with Gasteiger partial charge in [0, 0.05) is 24.3 Å². The van der Waals surface area contributed by atoms with Crippen LogP contribution in [-0.2, 0) is 17.8 Å². The number of hydrogen-bond acceptors (Lipinski definition) is 3. The van der Waals surface area contributed by atoms with E-state index in [9.17, 15) is 4.79 Å². The van der Waals surface area contributed by atoms with Gasteiger partial charge in [-0.2, -0.15) is 0 Å². The number of hydrogen-bond donors (Lipinski definition) is 2. The molecule has 0 spiro atoms. The Morgan fingerprint density at radius 2 is 1.86 bits per heavy atom. The molecular formula is C22H29IN4O2. The van der Waals surface area contributed by atoms with E-state index in [-0.39, 0.29) is 36.4 Å². The zero-order valence-corrected chi connectivity index (χ0v) is 19.3. The first kappa shape index (κ1) is 23.0. The number of anilines is 1. The second-order valence-electron chi connectivity index (χ2n) is 6.51. The fraction of sp³-hybridized carbons (Fsp3) is 0.364. The van der Waals surface area contributed by atoms with Gasteiger partial charge in [0.1, 0.15) is 5.75 Å². The van der Waals surface area contributed by atoms with Crippen LogP contribution >= 0.6 is 24.0 Å². The summed E-state index contributed by atoms with van der Waals surface area (Å²) < 4.78 is 5.66. The van der Waals surface area contributed by atoms with Crippen molar-refractivity contribution in [1.82, 2.24) is 10.6 Å². The van der Waals surface area contributed by atoms with Crippen LogP contribution in [0.25, 0.3) is 0 Å². The number of halogens is 1. The van der Waals surface area contributed by atoms with E-state index in [1.807, 2.05) is 61.2 Å². The highest BCUT2D eigenvalue weighted by atomic mass is 127. The lowest BCUT2D eigenvalue weighted by molar-refractivity contribution is -0.117. The van der Waals surface area contributed by atoms with Crippen LogP contribution in [0.2, 0.25) is 0 Å². The molecule has 0 fully saturated rings. The molecule has 7 heteroatoms. The summed E-state index contributed by atoms with van der Waals surface area (Å²) in [7, 11) is 0. The van der Waals surface area contributed by atoms with E-state index in [1.54, 1.807) is 0 Å². The summed E-state index contributed by atoms with van der Waals surface area (Å²) in [6, 6.07) is 15.9. The van der Waals surface area contributed by atoms with Crippen molar-refractivity contribution in [3.63, 3.8) is 0 Å². The molecule has 3 rings (SSSR count). The van der Waals surface area contributed by atoms with Crippen LogP contribution in [-0.4, -0.2) is 38.1 Å². The average Bonchev–Trinajstić information content (AvgIpc) is 3.15.